The van der Waals surface area contributed by atoms with Gasteiger partial charge in [0.25, 0.3) is 0 Å². The molecule has 0 radical (unpaired) electrons. The predicted molar refractivity (Wildman–Crippen MR) is 269 cm³/mol. The molecular weight excluding hydrogens is 795 g/mol. The smallest absolute Gasteiger partial charge is 0.143 e. The van der Waals surface area contributed by atoms with Gasteiger partial charge in [0.1, 0.15) is 11.2 Å². The first-order valence-corrected chi connectivity index (χ1v) is 22.7. The van der Waals surface area contributed by atoms with Crippen LogP contribution >= 0.6 is 11.3 Å². The molecule has 64 heavy (non-hydrogen) atoms. The zero-order valence-corrected chi connectivity index (χ0v) is 35.6. The Kier molecular flexibility index (Phi) is 8.34. The second-order valence-corrected chi connectivity index (χ2v) is 17.8. The number of nitrogens with zero attached hydrogens (tertiary/aromatic N) is 1. The molecule has 2 heterocycles. The number of furan rings is 1. The largest absolute Gasteiger partial charge is 0.455 e. The number of benzene rings is 10. The molecule has 3 heteroatoms. The highest BCUT2D eigenvalue weighted by atomic mass is 32.1. The Balaban J connectivity index is 1.01. The molecule has 0 spiro atoms. The van der Waals surface area contributed by atoms with E-state index in [0.717, 1.165) is 50.1 Å². The molecule has 1 aliphatic rings. The van der Waals surface area contributed by atoms with Crippen molar-refractivity contribution in [2.45, 2.75) is 5.41 Å². The van der Waals surface area contributed by atoms with Gasteiger partial charge in [-0.3, -0.25) is 0 Å². The molecule has 12 aromatic rings. The second-order valence-electron chi connectivity index (χ2n) is 16.8. The maximum atomic E-state index is 6.58. The van der Waals surface area contributed by atoms with Gasteiger partial charge in [-0.2, -0.15) is 0 Å². The van der Waals surface area contributed by atoms with Crippen LogP contribution in [0.1, 0.15) is 22.3 Å². The zero-order chi connectivity index (χ0) is 42.2. The minimum atomic E-state index is -0.474. The highest BCUT2D eigenvalue weighted by Gasteiger charge is 2.46. The number of hydrogen-bond donors (Lipinski definition) is 0. The van der Waals surface area contributed by atoms with Crippen molar-refractivity contribution < 1.29 is 4.42 Å². The van der Waals surface area contributed by atoms with Crippen LogP contribution in [0.2, 0.25) is 0 Å². The van der Waals surface area contributed by atoms with Crippen molar-refractivity contribution in [3.63, 3.8) is 0 Å². The first kappa shape index (κ1) is 36.7. The maximum absolute atomic E-state index is 6.58. The average molecular weight is 834 g/mol. The second kappa shape index (κ2) is 14.6. The minimum absolute atomic E-state index is 0.474. The lowest BCUT2D eigenvalue weighted by Crippen LogP contribution is -2.28. The molecule has 1 aliphatic carbocycles. The van der Waals surface area contributed by atoms with E-state index in [1.807, 2.05) is 17.4 Å². The Hall–Kier alpha value is -7.98. The third kappa shape index (κ3) is 5.51. The molecule has 0 atom stereocenters. The van der Waals surface area contributed by atoms with Gasteiger partial charge in [0.2, 0.25) is 0 Å². The van der Waals surface area contributed by atoms with Gasteiger partial charge in [0.15, 0.2) is 0 Å². The van der Waals surface area contributed by atoms with Crippen molar-refractivity contribution >= 4 is 70.5 Å². The number of fused-ring (bicyclic) bond motifs is 9. The molecular formula is C61H39NOS. The fourth-order valence-corrected chi connectivity index (χ4v) is 11.8. The Morgan fingerprint density at radius 3 is 1.77 bits per heavy atom. The Morgan fingerprint density at radius 2 is 0.953 bits per heavy atom. The first-order chi connectivity index (χ1) is 31.7. The molecule has 0 saturated carbocycles. The third-order valence-corrected chi connectivity index (χ3v) is 14.6. The summed E-state index contributed by atoms with van der Waals surface area (Å²) in [4.78, 5) is 2.42. The van der Waals surface area contributed by atoms with Gasteiger partial charge in [0.05, 0.1) is 5.41 Å². The van der Waals surface area contributed by atoms with E-state index >= 15 is 0 Å². The van der Waals surface area contributed by atoms with Gasteiger partial charge in [-0.15, -0.1) is 11.3 Å². The summed E-state index contributed by atoms with van der Waals surface area (Å²) in [6.45, 7) is 0. The molecule has 300 valence electrons. The summed E-state index contributed by atoms with van der Waals surface area (Å²) in [6, 6.07) is 86.5. The van der Waals surface area contributed by atoms with Crippen molar-refractivity contribution in [2.75, 3.05) is 4.90 Å². The van der Waals surface area contributed by atoms with E-state index in [1.54, 1.807) is 0 Å². The van der Waals surface area contributed by atoms with Crippen LogP contribution in [0, 0.1) is 0 Å². The number of rotatable bonds is 7. The fraction of sp³-hybridized carbons (Fsp3) is 0.0164. The highest BCUT2D eigenvalue weighted by molar-refractivity contribution is 7.26. The van der Waals surface area contributed by atoms with Gasteiger partial charge in [0, 0.05) is 53.6 Å². The summed E-state index contributed by atoms with van der Waals surface area (Å²) in [5, 5.41) is 4.87. The Morgan fingerprint density at radius 1 is 0.359 bits per heavy atom. The SMILES string of the molecule is c1ccc(C2(c3ccccc3)c3ccccc3-c3cc(N(c4ccc(-c5cccc6c5sc5ccccc56)cc4)c4cccc(-c5cccc6c5oc5ccccc56)c4)ccc32)cc1. The summed E-state index contributed by atoms with van der Waals surface area (Å²) in [7, 11) is 0. The number of anilines is 3. The zero-order valence-electron chi connectivity index (χ0n) is 34.8. The van der Waals surface area contributed by atoms with E-state index in [1.165, 1.54) is 64.7 Å². The van der Waals surface area contributed by atoms with Crippen molar-refractivity contribution in [3.05, 3.63) is 259 Å². The highest BCUT2D eigenvalue weighted by Crippen LogP contribution is 2.57. The Bertz CT molecular complexity index is 3690. The quantitative estimate of drug-likeness (QED) is 0.159. The van der Waals surface area contributed by atoms with E-state index in [-0.39, 0.29) is 0 Å². The van der Waals surface area contributed by atoms with Gasteiger partial charge in [-0.1, -0.05) is 188 Å². The lowest BCUT2D eigenvalue weighted by Gasteiger charge is -2.34. The first-order valence-electron chi connectivity index (χ1n) is 21.9. The van der Waals surface area contributed by atoms with Crippen LogP contribution in [-0.4, -0.2) is 0 Å². The van der Waals surface area contributed by atoms with Crippen molar-refractivity contribution in [3.8, 4) is 33.4 Å². The average Bonchev–Trinajstić information content (AvgIpc) is 4.04. The van der Waals surface area contributed by atoms with Crippen LogP contribution in [0.15, 0.2) is 241 Å². The van der Waals surface area contributed by atoms with Crippen LogP contribution in [-0.2, 0) is 5.41 Å². The minimum Gasteiger partial charge on any atom is -0.455 e. The summed E-state index contributed by atoms with van der Waals surface area (Å²) >= 11 is 1.87. The van der Waals surface area contributed by atoms with E-state index in [2.05, 4.69) is 235 Å². The molecule has 2 nitrogen and oxygen atoms in total. The molecule has 2 aromatic heterocycles. The van der Waals surface area contributed by atoms with Crippen molar-refractivity contribution in [1.82, 2.24) is 0 Å². The van der Waals surface area contributed by atoms with E-state index in [0.29, 0.717) is 0 Å². The van der Waals surface area contributed by atoms with Crippen LogP contribution in [0.4, 0.5) is 17.1 Å². The topological polar surface area (TPSA) is 16.4 Å². The molecule has 0 N–H and O–H groups in total. The summed E-state index contributed by atoms with van der Waals surface area (Å²) < 4.78 is 9.21. The van der Waals surface area contributed by atoms with E-state index in [9.17, 15) is 0 Å². The van der Waals surface area contributed by atoms with Gasteiger partial charge in [-0.25, -0.2) is 0 Å². The fourth-order valence-electron chi connectivity index (χ4n) is 10.6. The molecule has 0 fully saturated rings. The number of para-hydroxylation sites is 2. The number of thiophene rings is 1. The lowest BCUT2D eigenvalue weighted by atomic mass is 9.68. The summed E-state index contributed by atoms with van der Waals surface area (Å²) in [5.41, 5.74) is 16.8. The molecule has 0 aliphatic heterocycles. The van der Waals surface area contributed by atoms with Gasteiger partial charge in [-0.05, 0) is 98.6 Å². The monoisotopic (exact) mass is 833 g/mol. The third-order valence-electron chi connectivity index (χ3n) is 13.4. The predicted octanol–water partition coefficient (Wildman–Crippen LogP) is 17.1. The van der Waals surface area contributed by atoms with Crippen LogP contribution < -0.4 is 4.90 Å². The van der Waals surface area contributed by atoms with Gasteiger partial charge >= 0.3 is 0 Å². The van der Waals surface area contributed by atoms with Crippen LogP contribution in [0.25, 0.3) is 75.5 Å². The molecule has 0 amide bonds. The van der Waals surface area contributed by atoms with Crippen molar-refractivity contribution in [2.24, 2.45) is 0 Å². The lowest BCUT2D eigenvalue weighted by molar-refractivity contribution is 0.670. The Labute approximate surface area is 375 Å². The molecule has 0 unspecified atom stereocenters. The summed E-state index contributed by atoms with van der Waals surface area (Å²) in [5.74, 6) is 0. The number of hydrogen-bond acceptors (Lipinski definition) is 3. The molecule has 13 rings (SSSR count). The van der Waals surface area contributed by atoms with Gasteiger partial charge < -0.3 is 9.32 Å². The molecule has 10 aromatic carbocycles. The maximum Gasteiger partial charge on any atom is 0.143 e. The van der Waals surface area contributed by atoms with E-state index < -0.39 is 5.41 Å². The molecule has 0 saturated heterocycles. The normalized spacial score (nSPS) is 12.8. The van der Waals surface area contributed by atoms with Crippen LogP contribution in [0.3, 0.4) is 0 Å². The molecule has 0 bridgehead atoms. The van der Waals surface area contributed by atoms with Crippen LogP contribution in [0.5, 0.6) is 0 Å². The van der Waals surface area contributed by atoms with E-state index in [4.69, 9.17) is 4.42 Å². The summed E-state index contributed by atoms with van der Waals surface area (Å²) in [6.07, 6.45) is 0. The van der Waals surface area contributed by atoms with Crippen molar-refractivity contribution in [1.29, 1.82) is 0 Å². The standard InChI is InChI=1S/C61H39NOS/c1-3-17-42(18-4-1)61(43-19-5-2-6-20-43)55-29-10-7-22-49(55)54-39-46(36-37-56(54)61)62(44-34-32-40(33-35-44)48-26-15-28-53-51-24-9-12-31-58(51)64-60(48)53)45-21-13-16-41(38-45)47-25-14-27-52-50-23-8-11-30-57(50)63-59(47)52/h1-39H.